The van der Waals surface area contributed by atoms with Crippen LogP contribution in [-0.2, 0) is 21.5 Å². The van der Waals surface area contributed by atoms with Gasteiger partial charge in [0, 0.05) is 26.7 Å². The van der Waals surface area contributed by atoms with Crippen molar-refractivity contribution in [1.29, 1.82) is 0 Å². The van der Waals surface area contributed by atoms with Crippen LogP contribution in [0.2, 0.25) is 5.02 Å². The summed E-state index contributed by atoms with van der Waals surface area (Å²) in [7, 11) is 2.71. The molecule has 0 bridgehead atoms. The Kier molecular flexibility index (Phi) is 8.27. The second-order valence-corrected chi connectivity index (χ2v) is 10.1. The number of ether oxygens (including phenoxy) is 1. The van der Waals surface area contributed by atoms with Crippen LogP contribution >= 0.6 is 11.6 Å². The molecule has 2 aromatic carbocycles. The molecule has 1 aliphatic heterocycles. The lowest BCUT2D eigenvalue weighted by molar-refractivity contribution is -0.128. The van der Waals surface area contributed by atoms with E-state index in [1.807, 2.05) is 29.2 Å². The van der Waals surface area contributed by atoms with Gasteiger partial charge in [0.25, 0.3) is 5.91 Å². The summed E-state index contributed by atoms with van der Waals surface area (Å²) in [5.41, 5.74) is 1.71. The lowest BCUT2D eigenvalue weighted by Gasteiger charge is -2.50. The minimum Gasteiger partial charge on any atom is -0.464 e. The summed E-state index contributed by atoms with van der Waals surface area (Å²) >= 11 is 5.92. The maximum atomic E-state index is 14.4. The molecule has 2 heterocycles. The number of carbonyl (C=O) groups is 3. The second kappa shape index (κ2) is 11.5. The molecule has 4 rings (SSSR count). The first-order chi connectivity index (χ1) is 18.6. The predicted octanol–water partition coefficient (Wildman–Crippen LogP) is 3.93. The van der Waals surface area contributed by atoms with E-state index in [1.165, 1.54) is 26.3 Å². The van der Waals surface area contributed by atoms with Crippen LogP contribution in [0.15, 0.2) is 48.5 Å². The van der Waals surface area contributed by atoms with Gasteiger partial charge in [0.05, 0.1) is 34.5 Å². The maximum Gasteiger partial charge on any atom is 0.358 e. The van der Waals surface area contributed by atoms with Crippen LogP contribution in [0, 0.1) is 5.82 Å². The Morgan fingerprint density at radius 1 is 1.13 bits per heavy atom. The largest absolute Gasteiger partial charge is 0.464 e. The van der Waals surface area contributed by atoms with Crippen LogP contribution < -0.4 is 10.6 Å². The number of anilines is 1. The fraction of sp³-hybridized carbons (Fsp3) is 0.321. The van der Waals surface area contributed by atoms with E-state index in [4.69, 9.17) is 11.6 Å². The number of aromatic nitrogens is 2. The van der Waals surface area contributed by atoms with Gasteiger partial charge in [-0.3, -0.25) is 14.5 Å². The van der Waals surface area contributed by atoms with Crippen molar-refractivity contribution in [1.82, 2.24) is 20.4 Å². The van der Waals surface area contributed by atoms with Crippen LogP contribution in [-0.4, -0.2) is 60.1 Å². The fourth-order valence-electron chi connectivity index (χ4n) is 4.80. The van der Waals surface area contributed by atoms with Crippen molar-refractivity contribution in [2.75, 3.05) is 32.6 Å². The number of esters is 1. The average Bonchev–Trinajstić information content (AvgIpc) is 2.91. The SMILES string of the molecule is CNC(=O)c1cc(Cl)c(F)cc1NC(=O)C1(c2ccccc2C(C)C)CN(Cc2ccc(C(=O)OC)nn2)C1. The molecule has 0 radical (unpaired) electrons. The molecule has 0 saturated carbocycles. The Balaban J connectivity index is 1.65. The molecule has 9 nitrogen and oxygen atoms in total. The Morgan fingerprint density at radius 3 is 2.46 bits per heavy atom. The fourth-order valence-corrected chi connectivity index (χ4v) is 4.97. The van der Waals surface area contributed by atoms with E-state index in [-0.39, 0.29) is 33.8 Å². The highest BCUT2D eigenvalue weighted by Crippen LogP contribution is 2.41. The molecule has 204 valence electrons. The number of rotatable bonds is 8. The summed E-state index contributed by atoms with van der Waals surface area (Å²) < 4.78 is 19.1. The summed E-state index contributed by atoms with van der Waals surface area (Å²) in [5.74, 6) is -2.06. The molecule has 0 unspecified atom stereocenters. The number of halogens is 2. The monoisotopic (exact) mass is 553 g/mol. The van der Waals surface area contributed by atoms with Gasteiger partial charge < -0.3 is 15.4 Å². The summed E-state index contributed by atoms with van der Waals surface area (Å²) in [6, 6.07) is 13.2. The zero-order chi connectivity index (χ0) is 28.3. The summed E-state index contributed by atoms with van der Waals surface area (Å²) in [5, 5.41) is 13.1. The summed E-state index contributed by atoms with van der Waals surface area (Å²) in [6.45, 7) is 5.18. The normalized spacial score (nSPS) is 14.4. The number of amides is 2. The Morgan fingerprint density at radius 2 is 1.85 bits per heavy atom. The average molecular weight is 554 g/mol. The van der Waals surface area contributed by atoms with Gasteiger partial charge in [-0.05, 0) is 41.3 Å². The molecule has 1 aliphatic rings. The number of nitrogens with zero attached hydrogens (tertiary/aromatic N) is 3. The van der Waals surface area contributed by atoms with E-state index in [2.05, 4.69) is 39.4 Å². The summed E-state index contributed by atoms with van der Waals surface area (Å²) in [4.78, 5) is 40.2. The zero-order valence-corrected chi connectivity index (χ0v) is 22.8. The van der Waals surface area contributed by atoms with Crippen LogP contribution in [0.1, 0.15) is 57.4 Å². The van der Waals surface area contributed by atoms with Gasteiger partial charge in [0.15, 0.2) is 5.69 Å². The first kappa shape index (κ1) is 28.1. The highest BCUT2D eigenvalue weighted by atomic mass is 35.5. The van der Waals surface area contributed by atoms with Gasteiger partial charge in [-0.2, -0.15) is 5.10 Å². The lowest BCUT2D eigenvalue weighted by Crippen LogP contribution is -2.65. The molecule has 2 amide bonds. The Hall–Kier alpha value is -3.89. The Bertz CT molecular complexity index is 1410. The third kappa shape index (κ3) is 5.62. The summed E-state index contributed by atoms with van der Waals surface area (Å²) in [6.07, 6.45) is 0. The predicted molar refractivity (Wildman–Crippen MR) is 144 cm³/mol. The van der Waals surface area contributed by atoms with E-state index < -0.39 is 23.1 Å². The highest BCUT2D eigenvalue weighted by Gasteiger charge is 2.51. The smallest absolute Gasteiger partial charge is 0.358 e. The van der Waals surface area contributed by atoms with Gasteiger partial charge in [0.1, 0.15) is 5.82 Å². The quantitative estimate of drug-likeness (QED) is 0.406. The van der Waals surface area contributed by atoms with Crippen LogP contribution in [0.5, 0.6) is 0 Å². The number of hydrogen-bond donors (Lipinski definition) is 2. The van der Waals surface area contributed by atoms with Gasteiger partial charge in [-0.25, -0.2) is 9.18 Å². The molecule has 0 spiro atoms. The number of methoxy groups -OCH3 is 1. The maximum absolute atomic E-state index is 14.4. The minimum atomic E-state index is -0.976. The van der Waals surface area contributed by atoms with Crippen LogP contribution in [0.3, 0.4) is 0 Å². The zero-order valence-electron chi connectivity index (χ0n) is 22.0. The van der Waals surface area contributed by atoms with Crippen LogP contribution in [0.25, 0.3) is 0 Å². The Labute approximate surface area is 230 Å². The lowest BCUT2D eigenvalue weighted by atomic mass is 9.69. The molecule has 0 aliphatic carbocycles. The van der Waals surface area contributed by atoms with Gasteiger partial charge in [-0.15, -0.1) is 5.10 Å². The van der Waals surface area contributed by atoms with Crippen molar-refractivity contribution in [3.05, 3.63) is 87.4 Å². The molecule has 2 N–H and O–H groups in total. The molecule has 39 heavy (non-hydrogen) atoms. The van der Waals surface area contributed by atoms with Crippen molar-refractivity contribution in [3.63, 3.8) is 0 Å². The van der Waals surface area contributed by atoms with E-state index in [9.17, 15) is 18.8 Å². The second-order valence-electron chi connectivity index (χ2n) is 9.72. The van der Waals surface area contributed by atoms with E-state index in [1.54, 1.807) is 6.07 Å². The van der Waals surface area contributed by atoms with Crippen molar-refractivity contribution < 1.29 is 23.5 Å². The van der Waals surface area contributed by atoms with Crippen molar-refractivity contribution >= 4 is 35.1 Å². The number of benzene rings is 2. The minimum absolute atomic E-state index is 0.0327. The molecule has 1 fully saturated rings. The molecule has 1 aromatic heterocycles. The van der Waals surface area contributed by atoms with Crippen molar-refractivity contribution in [2.45, 2.75) is 31.7 Å². The third-order valence-corrected chi connectivity index (χ3v) is 7.09. The first-order valence-electron chi connectivity index (χ1n) is 12.3. The van der Waals surface area contributed by atoms with Crippen LogP contribution in [0.4, 0.5) is 10.1 Å². The molecule has 1 saturated heterocycles. The van der Waals surface area contributed by atoms with Gasteiger partial charge in [0.2, 0.25) is 5.91 Å². The first-order valence-corrected chi connectivity index (χ1v) is 12.7. The van der Waals surface area contributed by atoms with Gasteiger partial charge >= 0.3 is 5.97 Å². The topological polar surface area (TPSA) is 114 Å². The number of hydrogen-bond acceptors (Lipinski definition) is 7. The number of likely N-dealkylation sites (tertiary alicyclic amines) is 1. The van der Waals surface area contributed by atoms with E-state index >= 15 is 0 Å². The molecule has 3 aromatic rings. The highest BCUT2D eigenvalue weighted by molar-refractivity contribution is 6.31. The molecule has 11 heteroatoms. The van der Waals surface area contributed by atoms with E-state index in [0.29, 0.717) is 25.3 Å². The molecular weight excluding hydrogens is 525 g/mol. The number of carbonyl (C=O) groups excluding carboxylic acids is 3. The number of nitrogens with one attached hydrogen (secondary N) is 2. The van der Waals surface area contributed by atoms with Gasteiger partial charge in [-0.1, -0.05) is 49.7 Å². The molecular formula is C28H29ClFN5O4. The molecule has 0 atom stereocenters. The van der Waals surface area contributed by atoms with Crippen molar-refractivity contribution in [2.24, 2.45) is 0 Å². The standard InChI is InChI=1S/C28H29ClFN5O4/c1-16(2)18-7-5-6-8-20(18)28(14-35(15-28)13-17-9-10-23(34-33-17)26(37)39-4)27(38)32-24-12-22(30)21(29)11-19(24)25(36)31-3/h5-12,16H,13-15H2,1-4H3,(H,31,36)(H,32,38). The third-order valence-electron chi connectivity index (χ3n) is 6.80. The van der Waals surface area contributed by atoms with Crippen molar-refractivity contribution in [3.8, 4) is 0 Å². The van der Waals surface area contributed by atoms with E-state index in [0.717, 1.165) is 17.2 Å².